The Labute approximate surface area is 150 Å². The Balaban J connectivity index is 2.23. The highest BCUT2D eigenvalue weighted by Crippen LogP contribution is 2.19. The third-order valence-electron chi connectivity index (χ3n) is 3.49. The lowest BCUT2D eigenvalue weighted by Crippen LogP contribution is -2.32. The number of benzene rings is 2. The van der Waals surface area contributed by atoms with E-state index < -0.39 is 10.0 Å². The molecule has 0 saturated carbocycles. The lowest BCUT2D eigenvalue weighted by Gasteiger charge is -2.12. The van der Waals surface area contributed by atoms with Crippen LogP contribution in [0.4, 0.5) is 5.69 Å². The van der Waals surface area contributed by atoms with E-state index in [0.717, 1.165) is 10.9 Å². The number of sulfonamides is 1. The fourth-order valence-corrected chi connectivity index (χ4v) is 3.31. The molecular weight excluding hydrogens is 392 g/mol. The van der Waals surface area contributed by atoms with Gasteiger partial charge in [0.15, 0.2) is 0 Å². The normalized spacial score (nSPS) is 12.5. The molecule has 2 N–H and O–H groups in total. The van der Waals surface area contributed by atoms with Gasteiger partial charge in [-0.15, -0.1) is 0 Å². The van der Waals surface area contributed by atoms with E-state index in [4.69, 9.17) is 0 Å². The van der Waals surface area contributed by atoms with Gasteiger partial charge in [-0.2, -0.15) is 0 Å². The molecule has 1 atom stereocenters. The molecule has 0 spiro atoms. The first-order chi connectivity index (χ1) is 11.3. The third-order valence-corrected chi connectivity index (χ3v) is 5.40. The minimum atomic E-state index is -3.76. The van der Waals surface area contributed by atoms with Gasteiger partial charge in [-0.3, -0.25) is 9.52 Å². The van der Waals surface area contributed by atoms with Crippen molar-refractivity contribution >= 4 is 37.5 Å². The second kappa shape index (κ2) is 7.81. The van der Waals surface area contributed by atoms with Gasteiger partial charge >= 0.3 is 0 Å². The summed E-state index contributed by atoms with van der Waals surface area (Å²) in [5, 5.41) is 2.82. The number of carbonyl (C=O) groups excluding carboxylic acids is 1. The maximum atomic E-state index is 12.5. The van der Waals surface area contributed by atoms with Crippen LogP contribution in [-0.4, -0.2) is 20.4 Å². The molecule has 2 aromatic rings. The van der Waals surface area contributed by atoms with Crippen molar-refractivity contribution in [3.63, 3.8) is 0 Å². The van der Waals surface area contributed by atoms with E-state index in [2.05, 4.69) is 26.0 Å². The summed E-state index contributed by atoms with van der Waals surface area (Å²) in [6.45, 7) is 3.86. The summed E-state index contributed by atoms with van der Waals surface area (Å²) in [6.07, 6.45) is 0.800. The van der Waals surface area contributed by atoms with Crippen molar-refractivity contribution in [3.8, 4) is 0 Å². The number of carbonyl (C=O) groups is 1. The molecular formula is C17H19BrN2O3S. The molecule has 0 heterocycles. The summed E-state index contributed by atoms with van der Waals surface area (Å²) < 4.78 is 28.3. The molecule has 24 heavy (non-hydrogen) atoms. The highest BCUT2D eigenvalue weighted by Gasteiger charge is 2.17. The molecule has 1 unspecified atom stereocenters. The minimum absolute atomic E-state index is 0.0265. The highest BCUT2D eigenvalue weighted by molar-refractivity contribution is 9.10. The van der Waals surface area contributed by atoms with Gasteiger partial charge in [-0.05, 0) is 55.8 Å². The molecule has 0 saturated heterocycles. The Morgan fingerprint density at radius 2 is 1.83 bits per heavy atom. The largest absolute Gasteiger partial charge is 0.350 e. The molecule has 7 heteroatoms. The van der Waals surface area contributed by atoms with Gasteiger partial charge in [0.1, 0.15) is 0 Å². The summed E-state index contributed by atoms with van der Waals surface area (Å²) in [7, 11) is -3.76. The number of rotatable bonds is 6. The summed E-state index contributed by atoms with van der Waals surface area (Å²) in [5.74, 6) is -0.287. The maximum absolute atomic E-state index is 12.5. The Morgan fingerprint density at radius 3 is 2.46 bits per heavy atom. The summed E-state index contributed by atoms with van der Waals surface area (Å²) in [5.41, 5.74) is 0.765. The average Bonchev–Trinajstić information content (AvgIpc) is 2.56. The fraction of sp³-hybridized carbons (Fsp3) is 0.235. The van der Waals surface area contributed by atoms with Crippen LogP contribution in [0.1, 0.15) is 30.6 Å². The zero-order chi connectivity index (χ0) is 17.7. The number of hydrogen-bond donors (Lipinski definition) is 2. The number of halogens is 1. The van der Waals surface area contributed by atoms with E-state index in [0.29, 0.717) is 11.3 Å². The number of nitrogens with one attached hydrogen (secondary N) is 2. The topological polar surface area (TPSA) is 75.3 Å². The smallest absolute Gasteiger partial charge is 0.261 e. The van der Waals surface area contributed by atoms with Crippen LogP contribution in [0, 0.1) is 0 Å². The van der Waals surface area contributed by atoms with E-state index in [-0.39, 0.29) is 16.8 Å². The lowest BCUT2D eigenvalue weighted by molar-refractivity contribution is 0.0939. The zero-order valence-electron chi connectivity index (χ0n) is 13.4. The molecule has 2 rings (SSSR count). The monoisotopic (exact) mass is 410 g/mol. The molecule has 0 aliphatic carbocycles. The van der Waals surface area contributed by atoms with E-state index in [9.17, 15) is 13.2 Å². The Hall–Kier alpha value is -1.86. The molecule has 5 nitrogen and oxygen atoms in total. The van der Waals surface area contributed by atoms with Gasteiger partial charge in [0.2, 0.25) is 0 Å². The first kappa shape index (κ1) is 18.5. The van der Waals surface area contributed by atoms with Gasteiger partial charge in [0.05, 0.1) is 4.90 Å². The predicted molar refractivity (Wildman–Crippen MR) is 98.6 cm³/mol. The van der Waals surface area contributed by atoms with Gasteiger partial charge in [0.25, 0.3) is 15.9 Å². The van der Waals surface area contributed by atoms with Gasteiger partial charge in [-0.25, -0.2) is 8.42 Å². The van der Waals surface area contributed by atoms with Crippen LogP contribution >= 0.6 is 15.9 Å². The fourth-order valence-electron chi connectivity index (χ4n) is 1.95. The molecule has 128 valence electrons. The summed E-state index contributed by atoms with van der Waals surface area (Å²) in [6, 6.07) is 12.8. The number of amides is 1. The maximum Gasteiger partial charge on any atom is 0.261 e. The average molecular weight is 411 g/mol. The van der Waals surface area contributed by atoms with Crippen molar-refractivity contribution in [2.24, 2.45) is 0 Å². The summed E-state index contributed by atoms with van der Waals surface area (Å²) in [4.78, 5) is 12.2. The van der Waals surface area contributed by atoms with Crippen LogP contribution in [0.3, 0.4) is 0 Å². The molecule has 1 amide bonds. The molecule has 0 aromatic heterocycles. The standard InChI is InChI=1S/C17H19BrN2O3S/c1-3-12(2)19-17(21)13-5-4-6-16(11-13)24(22,23)20-15-9-7-14(18)8-10-15/h4-12,20H,3H2,1-2H3,(H,19,21). The van der Waals surface area contributed by atoms with Crippen molar-refractivity contribution in [2.45, 2.75) is 31.2 Å². The molecule has 0 aliphatic rings. The van der Waals surface area contributed by atoms with Gasteiger partial charge < -0.3 is 5.32 Å². The van der Waals surface area contributed by atoms with E-state index in [1.807, 2.05) is 13.8 Å². The molecule has 0 bridgehead atoms. The van der Waals surface area contributed by atoms with Crippen molar-refractivity contribution < 1.29 is 13.2 Å². The van der Waals surface area contributed by atoms with E-state index >= 15 is 0 Å². The predicted octanol–water partition coefficient (Wildman–Crippen LogP) is 3.78. The third kappa shape index (κ3) is 4.82. The second-order valence-corrected chi connectivity index (χ2v) is 8.02. The quantitative estimate of drug-likeness (QED) is 0.760. The first-order valence-corrected chi connectivity index (χ1v) is 9.78. The van der Waals surface area contributed by atoms with Crippen LogP contribution < -0.4 is 10.0 Å². The van der Waals surface area contributed by atoms with E-state index in [1.54, 1.807) is 36.4 Å². The number of anilines is 1. The van der Waals surface area contributed by atoms with E-state index in [1.165, 1.54) is 12.1 Å². The Kier molecular flexibility index (Phi) is 6.01. The van der Waals surface area contributed by atoms with Crippen molar-refractivity contribution in [3.05, 3.63) is 58.6 Å². The van der Waals surface area contributed by atoms with Crippen molar-refractivity contribution in [1.29, 1.82) is 0 Å². The van der Waals surface area contributed by atoms with Crippen LogP contribution in [0.15, 0.2) is 57.9 Å². The summed E-state index contributed by atoms with van der Waals surface area (Å²) >= 11 is 3.30. The highest BCUT2D eigenvalue weighted by atomic mass is 79.9. The molecule has 0 fully saturated rings. The second-order valence-electron chi connectivity index (χ2n) is 5.42. The van der Waals surface area contributed by atoms with Crippen LogP contribution in [-0.2, 0) is 10.0 Å². The Morgan fingerprint density at radius 1 is 1.17 bits per heavy atom. The zero-order valence-corrected chi connectivity index (χ0v) is 15.8. The number of hydrogen-bond acceptors (Lipinski definition) is 3. The first-order valence-electron chi connectivity index (χ1n) is 7.51. The van der Waals surface area contributed by atoms with Gasteiger partial charge in [-0.1, -0.05) is 28.9 Å². The Bertz CT molecular complexity index is 820. The minimum Gasteiger partial charge on any atom is -0.350 e. The SMILES string of the molecule is CCC(C)NC(=O)c1cccc(S(=O)(=O)Nc2ccc(Br)cc2)c1. The molecule has 0 radical (unpaired) electrons. The van der Waals surface area contributed by atoms with Crippen molar-refractivity contribution in [2.75, 3.05) is 4.72 Å². The van der Waals surface area contributed by atoms with Gasteiger partial charge in [0, 0.05) is 21.8 Å². The van der Waals surface area contributed by atoms with Crippen LogP contribution in [0.2, 0.25) is 0 Å². The molecule has 0 aliphatic heterocycles. The van der Waals surface area contributed by atoms with Crippen LogP contribution in [0.25, 0.3) is 0 Å². The van der Waals surface area contributed by atoms with Crippen molar-refractivity contribution in [1.82, 2.24) is 5.32 Å². The van der Waals surface area contributed by atoms with Crippen LogP contribution in [0.5, 0.6) is 0 Å². The molecule has 2 aromatic carbocycles. The lowest BCUT2D eigenvalue weighted by atomic mass is 10.2.